The fourth-order valence-corrected chi connectivity index (χ4v) is 2.79. The fourth-order valence-electron chi connectivity index (χ4n) is 1.37. The van der Waals surface area contributed by atoms with Crippen LogP contribution in [-0.2, 0) is 9.53 Å². The molecule has 1 rings (SSSR count). The lowest BCUT2D eigenvalue weighted by molar-refractivity contribution is -0.143. The van der Waals surface area contributed by atoms with Crippen molar-refractivity contribution < 1.29 is 27.5 Å². The highest BCUT2D eigenvalue weighted by atomic mass is 32.2. The minimum atomic E-state index is -4.46. The third-order valence-electron chi connectivity index (χ3n) is 2.30. The maximum Gasteiger partial charge on any atom is 0.405 e. The van der Waals surface area contributed by atoms with E-state index in [2.05, 4.69) is 9.97 Å². The molecule has 134 valence electrons. The second-order valence-corrected chi connectivity index (χ2v) is 6.35. The highest BCUT2D eigenvalue weighted by Crippen LogP contribution is 2.21. The molecule has 0 aromatic carbocycles. The molecular weight excluding hydrogens is 367 g/mol. The monoisotopic (exact) mass is 383 g/mol. The van der Waals surface area contributed by atoms with Gasteiger partial charge in [0.05, 0.1) is 6.61 Å². The molecule has 1 aromatic heterocycles. The van der Waals surface area contributed by atoms with Gasteiger partial charge in [-0.15, -0.1) is 0 Å². The molecule has 1 aromatic rings. The fraction of sp³-hybridized carbons (Fsp3) is 0.538. The first-order valence-electron chi connectivity index (χ1n) is 6.94. The van der Waals surface area contributed by atoms with Crippen molar-refractivity contribution in [3.8, 4) is 0 Å². The topological polar surface area (TPSA) is 81.2 Å². The molecule has 0 saturated heterocycles. The molecule has 0 fully saturated rings. The molecular formula is C13H16F3N3O3S2. The number of aromatic nitrogens is 2. The summed E-state index contributed by atoms with van der Waals surface area (Å²) < 4.78 is 40.8. The van der Waals surface area contributed by atoms with Gasteiger partial charge in [0.2, 0.25) is 0 Å². The maximum absolute atomic E-state index is 12.0. The summed E-state index contributed by atoms with van der Waals surface area (Å²) in [6.07, 6.45) is -2.17. The average molecular weight is 383 g/mol. The number of nitrogens with zero attached hydrogens (tertiary/aromatic N) is 2. The number of esters is 1. The second-order valence-electron chi connectivity index (χ2n) is 4.29. The Hall–Kier alpha value is -1.49. The van der Waals surface area contributed by atoms with Crippen LogP contribution < -0.4 is 5.32 Å². The van der Waals surface area contributed by atoms with Gasteiger partial charge in [-0.1, -0.05) is 11.8 Å². The van der Waals surface area contributed by atoms with Gasteiger partial charge in [-0.3, -0.25) is 9.59 Å². The van der Waals surface area contributed by atoms with Crippen molar-refractivity contribution in [1.29, 1.82) is 0 Å². The Bertz CT molecular complexity index is 559. The molecule has 1 amide bonds. The molecule has 1 heterocycles. The molecule has 24 heavy (non-hydrogen) atoms. The van der Waals surface area contributed by atoms with E-state index >= 15 is 0 Å². The molecule has 1 N–H and O–H groups in total. The molecule has 0 aliphatic carbocycles. The van der Waals surface area contributed by atoms with Gasteiger partial charge in [-0.25, -0.2) is 9.97 Å². The van der Waals surface area contributed by atoms with Crippen molar-refractivity contribution in [3.05, 3.63) is 12.3 Å². The number of thioether (sulfide) groups is 2. The number of halogens is 3. The molecule has 0 saturated carbocycles. The van der Waals surface area contributed by atoms with E-state index in [1.165, 1.54) is 24.0 Å². The first-order chi connectivity index (χ1) is 11.3. The number of rotatable bonds is 8. The molecule has 0 aliphatic rings. The maximum atomic E-state index is 12.0. The Balaban J connectivity index is 2.38. The number of hydrogen-bond acceptors (Lipinski definition) is 7. The lowest BCUT2D eigenvalue weighted by atomic mass is 10.3. The largest absolute Gasteiger partial charge is 0.466 e. The van der Waals surface area contributed by atoms with Crippen LogP contribution in [0.1, 0.15) is 19.8 Å². The van der Waals surface area contributed by atoms with E-state index in [0.717, 1.165) is 0 Å². The summed E-state index contributed by atoms with van der Waals surface area (Å²) in [7, 11) is 0. The van der Waals surface area contributed by atoms with Gasteiger partial charge < -0.3 is 10.1 Å². The van der Waals surface area contributed by atoms with Crippen molar-refractivity contribution >= 4 is 34.7 Å². The van der Waals surface area contributed by atoms with Crippen LogP contribution in [0.15, 0.2) is 22.4 Å². The van der Waals surface area contributed by atoms with Crippen LogP contribution in [0.3, 0.4) is 0 Å². The van der Waals surface area contributed by atoms with Gasteiger partial charge >= 0.3 is 12.1 Å². The van der Waals surface area contributed by atoms with Gasteiger partial charge in [0.1, 0.15) is 11.6 Å². The zero-order valence-electron chi connectivity index (χ0n) is 12.8. The zero-order chi connectivity index (χ0) is 18.0. The molecule has 0 atom stereocenters. The number of alkyl halides is 3. The van der Waals surface area contributed by atoms with Crippen LogP contribution in [0.4, 0.5) is 18.0 Å². The van der Waals surface area contributed by atoms with Crippen LogP contribution in [-0.4, -0.2) is 46.3 Å². The van der Waals surface area contributed by atoms with Crippen LogP contribution in [0.25, 0.3) is 0 Å². The van der Waals surface area contributed by atoms with Crippen LogP contribution in [0, 0.1) is 0 Å². The van der Waals surface area contributed by atoms with Crippen LogP contribution in [0.2, 0.25) is 0 Å². The molecule has 11 heteroatoms. The summed E-state index contributed by atoms with van der Waals surface area (Å²) in [6.45, 7) is 0.679. The van der Waals surface area contributed by atoms with E-state index < -0.39 is 18.0 Å². The van der Waals surface area contributed by atoms with E-state index in [1.54, 1.807) is 12.2 Å². The van der Waals surface area contributed by atoms with E-state index in [-0.39, 0.29) is 17.4 Å². The summed E-state index contributed by atoms with van der Waals surface area (Å²) in [5.74, 6) is 0.303. The van der Waals surface area contributed by atoms with Gasteiger partial charge in [-0.2, -0.15) is 13.2 Å². The first-order valence-corrected chi connectivity index (χ1v) is 8.74. The van der Waals surface area contributed by atoms with Crippen LogP contribution in [0.5, 0.6) is 0 Å². The number of ether oxygens (including phenoxy) is 1. The minimum Gasteiger partial charge on any atom is -0.466 e. The number of nitrogens with one attached hydrogen (secondary N) is 1. The standard InChI is InChI=1S/C13H16F3N3O3S2/c1-2-22-10(20)4-3-7-23-11-17-6-5-9(19-11)24-12(21)18-8-13(14,15)16/h5-6H,2-4,7-8H2,1H3,(H,18,21). The Morgan fingerprint density at radius 3 is 2.79 bits per heavy atom. The minimum absolute atomic E-state index is 0.248. The first kappa shape index (κ1) is 20.6. The van der Waals surface area contributed by atoms with Crippen molar-refractivity contribution in [3.63, 3.8) is 0 Å². The lowest BCUT2D eigenvalue weighted by Gasteiger charge is -2.07. The van der Waals surface area contributed by atoms with E-state index in [4.69, 9.17) is 4.74 Å². The number of carbonyl (C=O) groups is 2. The molecule has 0 radical (unpaired) electrons. The summed E-state index contributed by atoms with van der Waals surface area (Å²) in [5, 5.41) is 1.53. The van der Waals surface area contributed by atoms with E-state index in [1.807, 2.05) is 0 Å². The quantitative estimate of drug-likeness (QED) is 0.243. The van der Waals surface area contributed by atoms with Crippen molar-refractivity contribution in [1.82, 2.24) is 15.3 Å². The molecule has 0 aliphatic heterocycles. The zero-order valence-corrected chi connectivity index (χ0v) is 14.4. The SMILES string of the molecule is CCOC(=O)CCCSc1nccc(SC(=O)NCC(F)(F)F)n1. The Labute approximate surface area is 145 Å². The summed E-state index contributed by atoms with van der Waals surface area (Å²) in [6, 6.07) is 1.43. The van der Waals surface area contributed by atoms with Crippen molar-refractivity contribution in [2.45, 2.75) is 36.1 Å². The van der Waals surface area contributed by atoms with Gasteiger partial charge in [0, 0.05) is 18.4 Å². The van der Waals surface area contributed by atoms with Crippen molar-refractivity contribution in [2.24, 2.45) is 0 Å². The molecule has 0 unspecified atom stereocenters. The summed E-state index contributed by atoms with van der Waals surface area (Å²) in [4.78, 5) is 30.6. The van der Waals surface area contributed by atoms with Gasteiger partial charge in [0.15, 0.2) is 5.16 Å². The average Bonchev–Trinajstić information content (AvgIpc) is 2.50. The van der Waals surface area contributed by atoms with Gasteiger partial charge in [-0.05, 0) is 31.2 Å². The summed E-state index contributed by atoms with van der Waals surface area (Å²) in [5.41, 5.74) is 0. The van der Waals surface area contributed by atoms with Crippen LogP contribution >= 0.6 is 23.5 Å². The predicted molar refractivity (Wildman–Crippen MR) is 83.9 cm³/mol. The second kappa shape index (κ2) is 10.4. The number of hydrogen-bond donors (Lipinski definition) is 1. The Morgan fingerprint density at radius 1 is 1.38 bits per heavy atom. The lowest BCUT2D eigenvalue weighted by Crippen LogP contribution is -2.31. The third kappa shape index (κ3) is 9.60. The normalized spacial score (nSPS) is 11.2. The number of carbonyl (C=O) groups excluding carboxylic acids is 2. The van der Waals surface area contributed by atoms with E-state index in [9.17, 15) is 22.8 Å². The highest BCUT2D eigenvalue weighted by Gasteiger charge is 2.27. The molecule has 6 nitrogen and oxygen atoms in total. The van der Waals surface area contributed by atoms with E-state index in [0.29, 0.717) is 35.7 Å². The smallest absolute Gasteiger partial charge is 0.405 e. The number of amides is 1. The Morgan fingerprint density at radius 2 is 2.12 bits per heavy atom. The Kier molecular flexibility index (Phi) is 8.90. The molecule has 0 spiro atoms. The third-order valence-corrected chi connectivity index (χ3v) is 4.01. The van der Waals surface area contributed by atoms with Crippen molar-refractivity contribution in [2.75, 3.05) is 18.9 Å². The highest BCUT2D eigenvalue weighted by molar-refractivity contribution is 8.13. The summed E-state index contributed by atoms with van der Waals surface area (Å²) >= 11 is 1.84. The van der Waals surface area contributed by atoms with Gasteiger partial charge in [0.25, 0.3) is 5.24 Å². The molecule has 0 bridgehead atoms. The predicted octanol–water partition coefficient (Wildman–Crippen LogP) is 3.28.